The largest absolute Gasteiger partial charge is 0.573 e. The van der Waals surface area contributed by atoms with Gasteiger partial charge in [0.1, 0.15) is 0 Å². The summed E-state index contributed by atoms with van der Waals surface area (Å²) in [5.74, 6) is -1.63. The molecule has 0 aromatic heterocycles. The van der Waals surface area contributed by atoms with Crippen molar-refractivity contribution in [3.8, 4) is 17.2 Å². The number of nitrogens with two attached hydrogens (primary N) is 1. The summed E-state index contributed by atoms with van der Waals surface area (Å²) >= 11 is 0. The summed E-state index contributed by atoms with van der Waals surface area (Å²) in [7, 11) is 1.32. The molecule has 0 radical (unpaired) electrons. The maximum absolute atomic E-state index is 12.5. The third-order valence-electron chi connectivity index (χ3n) is 3.16. The lowest BCUT2D eigenvalue weighted by atomic mass is 10.1. The van der Waals surface area contributed by atoms with Gasteiger partial charge in [-0.25, -0.2) is 0 Å². The van der Waals surface area contributed by atoms with Crippen molar-refractivity contribution in [3.63, 3.8) is 0 Å². The molecule has 0 atom stereocenters. The number of ether oxygens (including phenoxy) is 3. The number of hydrogen-bond donors (Lipinski definition) is 2. The molecule has 144 valence electrons. The van der Waals surface area contributed by atoms with E-state index in [1.54, 1.807) is 0 Å². The van der Waals surface area contributed by atoms with Gasteiger partial charge >= 0.3 is 6.36 Å². The van der Waals surface area contributed by atoms with Gasteiger partial charge in [0.2, 0.25) is 0 Å². The van der Waals surface area contributed by atoms with E-state index >= 15 is 0 Å². The van der Waals surface area contributed by atoms with Gasteiger partial charge in [0, 0.05) is 5.56 Å². The second kappa shape index (κ2) is 8.30. The molecule has 2 aromatic rings. The Morgan fingerprint density at radius 3 is 2.41 bits per heavy atom. The van der Waals surface area contributed by atoms with Gasteiger partial charge in [-0.15, -0.1) is 13.2 Å². The summed E-state index contributed by atoms with van der Waals surface area (Å²) < 4.78 is 51.5. The van der Waals surface area contributed by atoms with Gasteiger partial charge in [-0.1, -0.05) is 12.1 Å². The lowest BCUT2D eigenvalue weighted by Gasteiger charge is -2.14. The molecule has 0 bridgehead atoms. The minimum absolute atomic E-state index is 0.0834. The maximum atomic E-state index is 12.5. The molecule has 0 aliphatic carbocycles. The van der Waals surface area contributed by atoms with E-state index < -0.39 is 23.9 Å². The Labute approximate surface area is 151 Å². The number of para-hydroxylation sites is 2. The van der Waals surface area contributed by atoms with Crippen LogP contribution >= 0.6 is 0 Å². The van der Waals surface area contributed by atoms with Gasteiger partial charge < -0.3 is 25.3 Å². The molecule has 0 saturated heterocycles. The van der Waals surface area contributed by atoms with Crippen molar-refractivity contribution in [3.05, 3.63) is 48.0 Å². The van der Waals surface area contributed by atoms with Gasteiger partial charge in [-0.2, -0.15) is 0 Å². The summed E-state index contributed by atoms with van der Waals surface area (Å²) in [6.07, 6.45) is -4.90. The van der Waals surface area contributed by atoms with E-state index in [4.69, 9.17) is 15.2 Å². The van der Waals surface area contributed by atoms with Crippen LogP contribution in [0.25, 0.3) is 0 Å². The zero-order valence-corrected chi connectivity index (χ0v) is 14.0. The van der Waals surface area contributed by atoms with Crippen LogP contribution in [0.2, 0.25) is 0 Å². The Kier molecular flexibility index (Phi) is 6.11. The first-order chi connectivity index (χ1) is 12.7. The minimum atomic E-state index is -4.90. The first-order valence-electron chi connectivity index (χ1n) is 7.45. The van der Waals surface area contributed by atoms with Crippen molar-refractivity contribution in [2.75, 3.05) is 19.0 Å². The van der Waals surface area contributed by atoms with Crippen molar-refractivity contribution in [2.45, 2.75) is 6.36 Å². The van der Waals surface area contributed by atoms with Gasteiger partial charge in [-0.3, -0.25) is 9.59 Å². The lowest BCUT2D eigenvalue weighted by Crippen LogP contribution is -2.20. The van der Waals surface area contributed by atoms with Crippen LogP contribution in [-0.4, -0.2) is 31.9 Å². The number of carbonyl (C=O) groups excluding carboxylic acids is 2. The van der Waals surface area contributed by atoms with Crippen molar-refractivity contribution in [1.29, 1.82) is 0 Å². The number of halogens is 3. The molecule has 3 N–H and O–H groups in total. The molecule has 2 amide bonds. The van der Waals surface area contributed by atoms with Crippen LogP contribution in [0.1, 0.15) is 10.4 Å². The number of benzene rings is 2. The number of rotatable bonds is 7. The van der Waals surface area contributed by atoms with E-state index in [0.29, 0.717) is 0 Å². The van der Waals surface area contributed by atoms with E-state index in [2.05, 4.69) is 10.1 Å². The van der Waals surface area contributed by atoms with Crippen molar-refractivity contribution in [2.24, 2.45) is 5.73 Å². The van der Waals surface area contributed by atoms with Crippen LogP contribution < -0.4 is 25.3 Å². The molecule has 27 heavy (non-hydrogen) atoms. The summed E-state index contributed by atoms with van der Waals surface area (Å²) in [4.78, 5) is 23.1. The fourth-order valence-electron chi connectivity index (χ4n) is 2.06. The topological polar surface area (TPSA) is 99.9 Å². The number of hydrogen-bond acceptors (Lipinski definition) is 5. The number of amides is 2. The molecule has 0 aliphatic heterocycles. The Balaban J connectivity index is 2.20. The van der Waals surface area contributed by atoms with Crippen molar-refractivity contribution in [1.82, 2.24) is 0 Å². The highest BCUT2D eigenvalue weighted by Gasteiger charge is 2.32. The van der Waals surface area contributed by atoms with Gasteiger partial charge in [0.25, 0.3) is 11.8 Å². The fourth-order valence-corrected chi connectivity index (χ4v) is 2.06. The Morgan fingerprint density at radius 2 is 1.78 bits per heavy atom. The van der Waals surface area contributed by atoms with Crippen LogP contribution in [0, 0.1) is 0 Å². The molecule has 0 heterocycles. The maximum Gasteiger partial charge on any atom is 0.573 e. The van der Waals surface area contributed by atoms with Crippen LogP contribution in [-0.2, 0) is 4.79 Å². The summed E-state index contributed by atoms with van der Waals surface area (Å²) in [5.41, 5.74) is 4.92. The molecule has 2 aromatic carbocycles. The Bertz CT molecular complexity index is 840. The number of carbonyl (C=O) groups is 2. The van der Waals surface area contributed by atoms with Gasteiger partial charge in [0.15, 0.2) is 23.9 Å². The molecule has 10 heteroatoms. The predicted molar refractivity (Wildman–Crippen MR) is 88.8 cm³/mol. The Hall–Kier alpha value is -3.43. The van der Waals surface area contributed by atoms with E-state index in [1.807, 2.05) is 0 Å². The average molecular weight is 384 g/mol. The highest BCUT2D eigenvalue weighted by atomic mass is 19.4. The molecular weight excluding hydrogens is 369 g/mol. The van der Waals surface area contributed by atoms with E-state index in [-0.39, 0.29) is 29.4 Å². The molecule has 0 fully saturated rings. The summed E-state index contributed by atoms with van der Waals surface area (Å²) in [5, 5.41) is 2.34. The molecule has 0 saturated carbocycles. The highest BCUT2D eigenvalue weighted by molar-refractivity contribution is 6.05. The molecule has 0 spiro atoms. The van der Waals surface area contributed by atoms with Crippen molar-refractivity contribution >= 4 is 17.5 Å². The SMILES string of the molecule is COc1cc(C(=O)Nc2ccccc2OC(F)(F)F)ccc1OCC(N)=O. The van der Waals surface area contributed by atoms with E-state index in [0.717, 1.165) is 6.07 Å². The third-order valence-corrected chi connectivity index (χ3v) is 3.16. The zero-order valence-electron chi connectivity index (χ0n) is 14.0. The number of nitrogens with one attached hydrogen (secondary N) is 1. The van der Waals surface area contributed by atoms with Crippen LogP contribution in [0.4, 0.5) is 18.9 Å². The standard InChI is InChI=1S/C17H15F3N2O5/c1-25-14-8-10(6-7-13(14)26-9-15(21)23)16(24)22-11-4-2-3-5-12(11)27-17(18,19)20/h2-8H,9H2,1H3,(H2,21,23)(H,22,24). The summed E-state index contributed by atoms with van der Waals surface area (Å²) in [6.45, 7) is -0.385. The van der Waals surface area contributed by atoms with Gasteiger partial charge in [0.05, 0.1) is 12.8 Å². The number of anilines is 1. The predicted octanol–water partition coefficient (Wildman–Crippen LogP) is 2.71. The van der Waals surface area contributed by atoms with Crippen LogP contribution in [0.5, 0.6) is 17.2 Å². The third kappa shape index (κ3) is 5.80. The normalized spacial score (nSPS) is 10.8. The van der Waals surface area contributed by atoms with Crippen LogP contribution in [0.15, 0.2) is 42.5 Å². The number of methoxy groups -OCH3 is 1. The quantitative estimate of drug-likeness (QED) is 0.765. The number of alkyl halides is 3. The second-order valence-corrected chi connectivity index (χ2v) is 5.12. The first kappa shape index (κ1) is 19.9. The van der Waals surface area contributed by atoms with Gasteiger partial charge in [-0.05, 0) is 30.3 Å². The molecule has 2 rings (SSSR count). The fraction of sp³-hybridized carbons (Fsp3) is 0.176. The lowest BCUT2D eigenvalue weighted by molar-refractivity contribution is -0.274. The molecule has 7 nitrogen and oxygen atoms in total. The monoisotopic (exact) mass is 384 g/mol. The smallest absolute Gasteiger partial charge is 0.493 e. The second-order valence-electron chi connectivity index (χ2n) is 5.12. The Morgan fingerprint density at radius 1 is 1.07 bits per heavy atom. The molecule has 0 aliphatic rings. The molecule has 0 unspecified atom stereocenters. The zero-order chi connectivity index (χ0) is 20.0. The highest BCUT2D eigenvalue weighted by Crippen LogP contribution is 2.31. The average Bonchev–Trinajstić information content (AvgIpc) is 2.60. The van der Waals surface area contributed by atoms with Crippen LogP contribution in [0.3, 0.4) is 0 Å². The van der Waals surface area contributed by atoms with E-state index in [1.165, 1.54) is 43.5 Å². The molecular formula is C17H15F3N2O5. The first-order valence-corrected chi connectivity index (χ1v) is 7.45. The number of primary amides is 1. The summed E-state index contributed by atoms with van der Waals surface area (Å²) in [6, 6.07) is 9.14. The van der Waals surface area contributed by atoms with Crippen molar-refractivity contribution < 1.29 is 37.0 Å². The van der Waals surface area contributed by atoms with E-state index in [9.17, 15) is 22.8 Å². The minimum Gasteiger partial charge on any atom is -0.493 e.